The summed E-state index contributed by atoms with van der Waals surface area (Å²) in [7, 11) is 0. The molecule has 0 aliphatic heterocycles. The van der Waals surface area contributed by atoms with Crippen LogP contribution in [0.2, 0.25) is 10.0 Å². The molecule has 0 aliphatic carbocycles. The van der Waals surface area contributed by atoms with Crippen LogP contribution in [0.4, 0.5) is 10.3 Å². The molecule has 1 amide bonds. The normalized spacial score (nSPS) is 11.2. The molecule has 2 aromatic heterocycles. The number of anilines is 1. The van der Waals surface area contributed by atoms with E-state index in [4.69, 9.17) is 23.2 Å². The minimum atomic E-state index is -0.257. The summed E-state index contributed by atoms with van der Waals surface area (Å²) in [6, 6.07) is 5.38. The Hall–Kier alpha value is -2.00. The Balaban J connectivity index is 1.71. The summed E-state index contributed by atoms with van der Waals surface area (Å²) in [4.78, 5) is 24.8. The standard InChI is InChI=1S/C16H12Cl2N4O2S2/c1-8(23)21-16-22-14(24)13(26-16)7-20-15-19-6-11(25-15)4-9-2-3-10(17)5-12(9)18/h2-3,5-7,24H,4H2,1H3,(H,21,22,23)/b20-7+. The zero-order chi connectivity index (χ0) is 18.7. The van der Waals surface area contributed by atoms with Gasteiger partial charge in [-0.2, -0.15) is 4.98 Å². The molecule has 0 fully saturated rings. The molecule has 0 aliphatic rings. The summed E-state index contributed by atoms with van der Waals surface area (Å²) < 4.78 is 0. The molecular formula is C16H12Cl2N4O2S2. The fourth-order valence-electron chi connectivity index (χ4n) is 2.02. The number of aromatic nitrogens is 2. The van der Waals surface area contributed by atoms with Gasteiger partial charge in [0.1, 0.15) is 4.88 Å². The van der Waals surface area contributed by atoms with Crippen molar-refractivity contribution in [1.82, 2.24) is 9.97 Å². The first-order valence-electron chi connectivity index (χ1n) is 7.31. The lowest BCUT2D eigenvalue weighted by molar-refractivity contribution is -0.114. The molecular weight excluding hydrogens is 415 g/mol. The molecule has 0 saturated carbocycles. The largest absolute Gasteiger partial charge is 0.492 e. The number of halogens is 2. The lowest BCUT2D eigenvalue weighted by Crippen LogP contribution is -2.04. The van der Waals surface area contributed by atoms with Crippen LogP contribution in [-0.4, -0.2) is 27.2 Å². The molecule has 10 heteroatoms. The van der Waals surface area contributed by atoms with Crippen LogP contribution in [0.1, 0.15) is 22.2 Å². The Labute approximate surface area is 167 Å². The first-order valence-corrected chi connectivity index (χ1v) is 9.69. The molecule has 2 N–H and O–H groups in total. The third-order valence-corrected chi connectivity index (χ3v) is 5.52. The van der Waals surface area contributed by atoms with Gasteiger partial charge in [-0.15, -0.1) is 0 Å². The van der Waals surface area contributed by atoms with Gasteiger partial charge in [0.2, 0.25) is 16.9 Å². The van der Waals surface area contributed by atoms with E-state index in [0.29, 0.717) is 31.6 Å². The second-order valence-corrected chi connectivity index (χ2v) is 8.14. The van der Waals surface area contributed by atoms with E-state index in [0.717, 1.165) is 21.8 Å². The van der Waals surface area contributed by atoms with Crippen LogP contribution in [0.3, 0.4) is 0 Å². The van der Waals surface area contributed by atoms with Gasteiger partial charge in [-0.05, 0) is 17.7 Å². The fourth-order valence-corrected chi connectivity index (χ4v) is 4.05. The van der Waals surface area contributed by atoms with E-state index in [1.165, 1.54) is 24.5 Å². The van der Waals surface area contributed by atoms with Crippen LogP contribution < -0.4 is 5.32 Å². The third kappa shape index (κ3) is 4.79. The number of carbonyl (C=O) groups excluding carboxylic acids is 1. The van der Waals surface area contributed by atoms with Gasteiger partial charge in [0.15, 0.2) is 5.13 Å². The number of thiazole rings is 2. The van der Waals surface area contributed by atoms with Gasteiger partial charge in [0.25, 0.3) is 0 Å². The third-order valence-electron chi connectivity index (χ3n) is 3.13. The molecule has 26 heavy (non-hydrogen) atoms. The van der Waals surface area contributed by atoms with Crippen molar-refractivity contribution in [2.45, 2.75) is 13.3 Å². The van der Waals surface area contributed by atoms with E-state index in [1.807, 2.05) is 6.07 Å². The van der Waals surface area contributed by atoms with Crippen molar-refractivity contribution in [3.63, 3.8) is 0 Å². The van der Waals surface area contributed by atoms with E-state index in [-0.39, 0.29) is 11.8 Å². The van der Waals surface area contributed by atoms with E-state index in [2.05, 4.69) is 20.3 Å². The Kier molecular flexibility index (Phi) is 5.87. The molecule has 3 rings (SSSR count). The quantitative estimate of drug-likeness (QED) is 0.567. The lowest BCUT2D eigenvalue weighted by Gasteiger charge is -2.02. The smallest absolute Gasteiger partial charge is 0.233 e. The van der Waals surface area contributed by atoms with Crippen molar-refractivity contribution in [1.29, 1.82) is 0 Å². The maximum atomic E-state index is 11.0. The van der Waals surface area contributed by atoms with Gasteiger partial charge in [-0.3, -0.25) is 4.79 Å². The molecule has 0 spiro atoms. The van der Waals surface area contributed by atoms with E-state index < -0.39 is 0 Å². The lowest BCUT2D eigenvalue weighted by atomic mass is 10.1. The number of carbonyl (C=O) groups is 1. The van der Waals surface area contributed by atoms with Crippen molar-refractivity contribution in [2.24, 2.45) is 4.99 Å². The predicted molar refractivity (Wildman–Crippen MR) is 107 cm³/mol. The zero-order valence-electron chi connectivity index (χ0n) is 13.4. The molecule has 0 radical (unpaired) electrons. The highest BCUT2D eigenvalue weighted by Gasteiger charge is 2.10. The zero-order valence-corrected chi connectivity index (χ0v) is 16.5. The summed E-state index contributed by atoms with van der Waals surface area (Å²) >= 11 is 14.6. The van der Waals surface area contributed by atoms with Crippen molar-refractivity contribution in [3.8, 4) is 5.88 Å². The minimum absolute atomic E-state index is 0.188. The molecule has 3 aromatic rings. The summed E-state index contributed by atoms with van der Waals surface area (Å²) in [6.45, 7) is 1.37. The summed E-state index contributed by atoms with van der Waals surface area (Å²) in [6.07, 6.45) is 3.83. The van der Waals surface area contributed by atoms with Gasteiger partial charge in [-0.25, -0.2) is 9.98 Å². The van der Waals surface area contributed by atoms with Gasteiger partial charge in [0, 0.05) is 34.5 Å². The average Bonchev–Trinajstić information content (AvgIpc) is 3.14. The number of nitrogens with one attached hydrogen (secondary N) is 1. The van der Waals surface area contributed by atoms with Crippen molar-refractivity contribution in [3.05, 3.63) is 49.8 Å². The highest BCUT2D eigenvalue weighted by Crippen LogP contribution is 2.30. The first kappa shape index (κ1) is 18.8. The molecule has 0 unspecified atom stereocenters. The van der Waals surface area contributed by atoms with Crippen LogP contribution in [0, 0.1) is 0 Å². The Morgan fingerprint density at radius 1 is 1.38 bits per heavy atom. The molecule has 1 aromatic carbocycles. The van der Waals surface area contributed by atoms with E-state index >= 15 is 0 Å². The maximum Gasteiger partial charge on any atom is 0.233 e. The number of aliphatic imine (C=N–C) groups is 1. The highest BCUT2D eigenvalue weighted by molar-refractivity contribution is 7.17. The van der Waals surface area contributed by atoms with Crippen LogP contribution in [-0.2, 0) is 11.2 Å². The van der Waals surface area contributed by atoms with Gasteiger partial charge in [-0.1, -0.05) is 51.9 Å². The summed E-state index contributed by atoms with van der Waals surface area (Å²) in [5, 5.41) is 14.4. The van der Waals surface area contributed by atoms with E-state index in [1.54, 1.807) is 18.3 Å². The van der Waals surface area contributed by atoms with E-state index in [9.17, 15) is 9.90 Å². The topological polar surface area (TPSA) is 87.5 Å². The Morgan fingerprint density at radius 3 is 2.92 bits per heavy atom. The number of amides is 1. The van der Waals surface area contributed by atoms with Crippen LogP contribution in [0.15, 0.2) is 29.4 Å². The number of aromatic hydroxyl groups is 1. The predicted octanol–water partition coefficient (Wildman–Crippen LogP) is 4.91. The second-order valence-electron chi connectivity index (χ2n) is 5.17. The number of hydrogen-bond acceptors (Lipinski definition) is 7. The number of hydrogen-bond donors (Lipinski definition) is 2. The summed E-state index contributed by atoms with van der Waals surface area (Å²) in [5.41, 5.74) is 0.954. The number of benzene rings is 1. The number of rotatable bonds is 5. The molecule has 0 atom stereocenters. The fraction of sp³-hybridized carbons (Fsp3) is 0.125. The Bertz CT molecular complexity index is 985. The van der Waals surface area contributed by atoms with Crippen molar-refractivity contribution < 1.29 is 9.90 Å². The molecule has 6 nitrogen and oxygen atoms in total. The van der Waals surface area contributed by atoms with Crippen LogP contribution >= 0.6 is 45.9 Å². The molecule has 0 saturated heterocycles. The van der Waals surface area contributed by atoms with Gasteiger partial charge in [0.05, 0.1) is 6.21 Å². The minimum Gasteiger partial charge on any atom is -0.492 e. The number of nitrogens with zero attached hydrogens (tertiary/aromatic N) is 3. The maximum absolute atomic E-state index is 11.0. The average molecular weight is 427 g/mol. The van der Waals surface area contributed by atoms with Crippen molar-refractivity contribution in [2.75, 3.05) is 5.32 Å². The van der Waals surface area contributed by atoms with Gasteiger partial charge < -0.3 is 10.4 Å². The summed E-state index contributed by atoms with van der Waals surface area (Å²) in [5.74, 6) is -0.445. The first-order chi connectivity index (χ1) is 12.4. The van der Waals surface area contributed by atoms with Crippen molar-refractivity contribution >= 4 is 68.3 Å². The van der Waals surface area contributed by atoms with Gasteiger partial charge >= 0.3 is 0 Å². The second kappa shape index (κ2) is 8.13. The monoisotopic (exact) mass is 426 g/mol. The molecule has 2 heterocycles. The Morgan fingerprint density at radius 2 is 2.19 bits per heavy atom. The van der Waals surface area contributed by atoms with Crippen LogP contribution in [0.25, 0.3) is 0 Å². The van der Waals surface area contributed by atoms with Crippen LogP contribution in [0.5, 0.6) is 5.88 Å². The molecule has 134 valence electrons. The SMILES string of the molecule is CC(=O)Nc1nc(O)c(/C=N/c2ncc(Cc3ccc(Cl)cc3Cl)s2)s1. The highest BCUT2D eigenvalue weighted by atomic mass is 35.5. The molecule has 0 bridgehead atoms.